The molecule has 0 saturated carbocycles. The summed E-state index contributed by atoms with van der Waals surface area (Å²) in [5, 5.41) is 2.98. The SMILES string of the molecule is O=C(NNC1=NC(=O)C(=Cc2ccc3c(c2)CCO3)S1)Nc1ccccc1. The maximum atomic E-state index is 12.1. The number of para-hydroxylation sites is 1. The number of hydrogen-bond donors (Lipinski definition) is 3. The Balaban J connectivity index is 1.34. The van der Waals surface area contributed by atoms with Crippen LogP contribution in [0.5, 0.6) is 5.75 Å². The summed E-state index contributed by atoms with van der Waals surface area (Å²) in [5.74, 6) is 0.555. The fourth-order valence-electron chi connectivity index (χ4n) is 2.70. The van der Waals surface area contributed by atoms with Crippen molar-refractivity contribution in [2.75, 3.05) is 11.9 Å². The molecule has 2 heterocycles. The summed E-state index contributed by atoms with van der Waals surface area (Å²) in [6.45, 7) is 0.691. The van der Waals surface area contributed by atoms with Crippen molar-refractivity contribution < 1.29 is 14.3 Å². The van der Waals surface area contributed by atoms with Crippen LogP contribution in [0.15, 0.2) is 58.4 Å². The molecule has 4 rings (SSSR count). The second-order valence-electron chi connectivity index (χ2n) is 5.87. The van der Waals surface area contributed by atoms with Crippen molar-refractivity contribution in [1.82, 2.24) is 10.9 Å². The Morgan fingerprint density at radius 3 is 2.89 bits per heavy atom. The quantitative estimate of drug-likeness (QED) is 0.550. The first kappa shape index (κ1) is 17.2. The molecule has 2 aromatic rings. The predicted octanol–water partition coefficient (Wildman–Crippen LogP) is 2.92. The number of nitrogens with zero attached hydrogens (tertiary/aromatic N) is 1. The van der Waals surface area contributed by atoms with Crippen LogP contribution in [-0.4, -0.2) is 23.7 Å². The predicted molar refractivity (Wildman–Crippen MR) is 105 cm³/mol. The summed E-state index contributed by atoms with van der Waals surface area (Å²) in [4.78, 5) is 28.4. The average molecular weight is 380 g/mol. The van der Waals surface area contributed by atoms with Crippen molar-refractivity contribution in [3.05, 3.63) is 64.6 Å². The van der Waals surface area contributed by atoms with E-state index in [4.69, 9.17) is 4.74 Å². The van der Waals surface area contributed by atoms with Crippen molar-refractivity contribution in [2.45, 2.75) is 6.42 Å². The topological polar surface area (TPSA) is 91.8 Å². The first-order chi connectivity index (χ1) is 13.2. The molecule has 2 aromatic carbocycles. The van der Waals surface area contributed by atoms with Crippen molar-refractivity contribution >= 4 is 40.6 Å². The zero-order chi connectivity index (χ0) is 18.6. The molecule has 0 spiro atoms. The number of ether oxygens (including phenoxy) is 1. The lowest BCUT2D eigenvalue weighted by atomic mass is 10.1. The van der Waals surface area contributed by atoms with E-state index in [9.17, 15) is 9.59 Å². The molecule has 0 aromatic heterocycles. The van der Waals surface area contributed by atoms with E-state index in [2.05, 4.69) is 21.2 Å². The molecular formula is C19H16N4O3S. The molecule has 136 valence electrons. The summed E-state index contributed by atoms with van der Waals surface area (Å²) < 4.78 is 5.49. The second kappa shape index (κ2) is 7.55. The van der Waals surface area contributed by atoms with Crippen molar-refractivity contribution in [3.63, 3.8) is 0 Å². The Morgan fingerprint density at radius 1 is 1.19 bits per heavy atom. The number of benzene rings is 2. The maximum Gasteiger partial charge on any atom is 0.337 e. The number of carbonyl (C=O) groups excluding carboxylic acids is 2. The Kier molecular flexibility index (Phi) is 4.80. The lowest BCUT2D eigenvalue weighted by Crippen LogP contribution is -2.42. The van der Waals surface area contributed by atoms with Gasteiger partial charge in [0.05, 0.1) is 11.5 Å². The van der Waals surface area contributed by atoms with E-state index >= 15 is 0 Å². The third-order valence-electron chi connectivity index (χ3n) is 3.95. The van der Waals surface area contributed by atoms with E-state index in [1.54, 1.807) is 18.2 Å². The molecule has 0 fully saturated rings. The molecule has 2 aliphatic heterocycles. The normalized spacial score (nSPS) is 16.5. The van der Waals surface area contributed by atoms with Crippen LogP contribution in [0.2, 0.25) is 0 Å². The van der Waals surface area contributed by atoms with E-state index in [1.165, 1.54) is 11.8 Å². The minimum Gasteiger partial charge on any atom is -0.493 e. The van der Waals surface area contributed by atoms with Gasteiger partial charge in [-0.2, -0.15) is 4.99 Å². The van der Waals surface area contributed by atoms with Crippen LogP contribution in [0.3, 0.4) is 0 Å². The molecule has 2 aliphatic rings. The summed E-state index contributed by atoms with van der Waals surface area (Å²) in [6, 6.07) is 14.4. The van der Waals surface area contributed by atoms with Crippen molar-refractivity contribution in [3.8, 4) is 5.75 Å². The summed E-state index contributed by atoms with van der Waals surface area (Å²) in [7, 11) is 0. The molecule has 0 unspecified atom stereocenters. The number of amidine groups is 1. The zero-order valence-corrected chi connectivity index (χ0v) is 15.0. The Hall–Kier alpha value is -3.26. The van der Waals surface area contributed by atoms with Crippen LogP contribution in [0.4, 0.5) is 10.5 Å². The summed E-state index contributed by atoms with van der Waals surface area (Å²) in [5.41, 5.74) is 7.84. The van der Waals surface area contributed by atoms with Crippen LogP contribution >= 0.6 is 11.8 Å². The molecule has 27 heavy (non-hydrogen) atoms. The fourth-order valence-corrected chi connectivity index (χ4v) is 3.47. The van der Waals surface area contributed by atoms with E-state index in [-0.39, 0.29) is 5.91 Å². The highest BCUT2D eigenvalue weighted by Gasteiger charge is 2.22. The lowest BCUT2D eigenvalue weighted by Gasteiger charge is -2.08. The van der Waals surface area contributed by atoms with Crippen LogP contribution in [0.1, 0.15) is 11.1 Å². The van der Waals surface area contributed by atoms with Crippen molar-refractivity contribution in [1.29, 1.82) is 0 Å². The largest absolute Gasteiger partial charge is 0.493 e. The molecule has 7 nitrogen and oxygen atoms in total. The molecule has 0 atom stereocenters. The number of anilines is 1. The number of hydrogen-bond acceptors (Lipinski definition) is 5. The molecule has 0 bridgehead atoms. The number of amides is 3. The number of hydrazine groups is 1. The number of thioether (sulfide) groups is 1. The maximum absolute atomic E-state index is 12.1. The van der Waals surface area contributed by atoms with Gasteiger partial charge in [-0.25, -0.2) is 10.2 Å². The second-order valence-corrected chi connectivity index (χ2v) is 6.90. The van der Waals surface area contributed by atoms with Gasteiger partial charge in [-0.15, -0.1) is 0 Å². The molecule has 3 amide bonds. The van der Waals surface area contributed by atoms with Crippen LogP contribution in [-0.2, 0) is 11.2 Å². The van der Waals surface area contributed by atoms with Crippen molar-refractivity contribution in [2.24, 2.45) is 4.99 Å². The van der Waals surface area contributed by atoms with Crippen LogP contribution in [0.25, 0.3) is 6.08 Å². The van der Waals surface area contributed by atoms with Gasteiger partial charge >= 0.3 is 6.03 Å². The average Bonchev–Trinajstić information content (AvgIpc) is 3.27. The number of aliphatic imine (C=N–C) groups is 1. The van der Waals surface area contributed by atoms with Gasteiger partial charge in [0.1, 0.15) is 5.75 Å². The molecular weight excluding hydrogens is 364 g/mol. The van der Waals surface area contributed by atoms with Gasteiger partial charge in [0.25, 0.3) is 5.91 Å². The number of rotatable bonds is 2. The molecule has 0 radical (unpaired) electrons. The molecule has 8 heteroatoms. The van der Waals surface area contributed by atoms with Gasteiger partial charge in [-0.05, 0) is 53.2 Å². The highest BCUT2D eigenvalue weighted by molar-refractivity contribution is 8.18. The van der Waals surface area contributed by atoms with E-state index in [0.717, 1.165) is 23.3 Å². The summed E-state index contributed by atoms with van der Waals surface area (Å²) in [6.07, 6.45) is 2.66. The molecule has 0 saturated heterocycles. The Labute approximate surface area is 159 Å². The van der Waals surface area contributed by atoms with Gasteiger partial charge in [-0.1, -0.05) is 24.3 Å². The van der Waals surface area contributed by atoms with E-state index in [0.29, 0.717) is 22.4 Å². The third kappa shape index (κ3) is 4.12. The minimum atomic E-state index is -0.451. The third-order valence-corrected chi connectivity index (χ3v) is 4.85. The number of urea groups is 1. The first-order valence-electron chi connectivity index (χ1n) is 8.34. The number of fused-ring (bicyclic) bond motifs is 1. The molecule has 0 aliphatic carbocycles. The minimum absolute atomic E-state index is 0.318. The zero-order valence-electron chi connectivity index (χ0n) is 14.2. The Morgan fingerprint density at radius 2 is 2.04 bits per heavy atom. The van der Waals surface area contributed by atoms with Gasteiger partial charge in [0.15, 0.2) is 5.17 Å². The standard InChI is InChI=1S/C19H16N4O3S/c24-17-16(11-12-6-7-15-13(10-12)8-9-26-15)27-19(21-17)23-22-18(25)20-14-4-2-1-3-5-14/h1-7,10-11H,8-9H2,(H2,20,22,25)(H,21,23,24). The molecule has 3 N–H and O–H groups in total. The van der Waals surface area contributed by atoms with Gasteiger partial charge in [0.2, 0.25) is 0 Å². The van der Waals surface area contributed by atoms with Crippen LogP contribution < -0.4 is 20.9 Å². The van der Waals surface area contributed by atoms with E-state index < -0.39 is 6.03 Å². The number of nitrogens with one attached hydrogen (secondary N) is 3. The first-order valence-corrected chi connectivity index (χ1v) is 9.15. The highest BCUT2D eigenvalue weighted by Crippen LogP contribution is 2.30. The lowest BCUT2D eigenvalue weighted by molar-refractivity contribution is -0.113. The monoisotopic (exact) mass is 380 g/mol. The smallest absolute Gasteiger partial charge is 0.337 e. The van der Waals surface area contributed by atoms with Gasteiger partial charge in [0, 0.05) is 12.1 Å². The fraction of sp³-hybridized carbons (Fsp3) is 0.105. The summed E-state index contributed by atoms with van der Waals surface area (Å²) >= 11 is 1.17. The number of carbonyl (C=O) groups is 2. The van der Waals surface area contributed by atoms with Gasteiger partial charge < -0.3 is 10.1 Å². The highest BCUT2D eigenvalue weighted by atomic mass is 32.2. The van der Waals surface area contributed by atoms with Gasteiger partial charge in [-0.3, -0.25) is 10.2 Å². The van der Waals surface area contributed by atoms with E-state index in [1.807, 2.05) is 36.4 Å². The Bertz CT molecular complexity index is 957. The van der Waals surface area contributed by atoms with Crippen LogP contribution in [0, 0.1) is 0 Å².